The van der Waals surface area contributed by atoms with Crippen LogP contribution in [0.2, 0.25) is 5.02 Å². The van der Waals surface area contributed by atoms with Crippen LogP contribution in [0.15, 0.2) is 12.1 Å². The molecule has 0 aliphatic carbocycles. The molecule has 1 aromatic carbocycles. The fraction of sp³-hybridized carbons (Fsp3) is 0.364. The number of ether oxygens (including phenoxy) is 1. The molecule has 1 atom stereocenters. The third-order valence-electron chi connectivity index (χ3n) is 2.64. The van der Waals surface area contributed by atoms with Gasteiger partial charge < -0.3 is 9.84 Å². The Morgan fingerprint density at radius 3 is 2.68 bits per heavy atom. The minimum Gasteiger partial charge on any atom is -0.431 e. The fourth-order valence-electron chi connectivity index (χ4n) is 1.82. The van der Waals surface area contributed by atoms with Gasteiger partial charge in [0.1, 0.15) is 0 Å². The minimum absolute atomic E-state index is 0.00794. The number of hydrogen-bond acceptors (Lipinski definition) is 3. The van der Waals surface area contributed by atoms with Gasteiger partial charge in [-0.3, -0.25) is 5.32 Å². The zero-order valence-electron chi connectivity index (χ0n) is 9.42. The van der Waals surface area contributed by atoms with Gasteiger partial charge in [0.2, 0.25) is 6.10 Å². The monoisotopic (exact) mass is 295 g/mol. The highest BCUT2D eigenvalue weighted by molar-refractivity contribution is 6.31. The van der Waals surface area contributed by atoms with Crippen LogP contribution in [0.4, 0.5) is 23.7 Å². The second kappa shape index (κ2) is 4.90. The van der Waals surface area contributed by atoms with Crippen LogP contribution in [-0.4, -0.2) is 24.0 Å². The summed E-state index contributed by atoms with van der Waals surface area (Å²) in [5.41, 5.74) is 0.191. The number of nitrogens with one attached hydrogen (secondary N) is 1. The van der Waals surface area contributed by atoms with Crippen LogP contribution in [0.25, 0.3) is 0 Å². The number of hydrogen-bond donors (Lipinski definition) is 2. The van der Waals surface area contributed by atoms with E-state index in [0.29, 0.717) is 5.56 Å². The Morgan fingerprint density at radius 1 is 1.42 bits per heavy atom. The molecule has 1 aromatic rings. The molecule has 8 heteroatoms. The standard InChI is InChI=1S/C11H9ClF3NO3/c12-7-4-6-8(3-5(7)1-2-17)16-10(18)19-9(6)11(13,14)15/h3-4,9,17H,1-2H2,(H,16,18)/t9-/m0/s1. The van der Waals surface area contributed by atoms with Crippen molar-refractivity contribution in [1.29, 1.82) is 0 Å². The molecule has 4 nitrogen and oxygen atoms in total. The van der Waals surface area contributed by atoms with E-state index >= 15 is 0 Å². The van der Waals surface area contributed by atoms with E-state index in [1.807, 2.05) is 0 Å². The lowest BCUT2D eigenvalue weighted by molar-refractivity contribution is -0.206. The third kappa shape index (κ3) is 2.76. The molecule has 1 heterocycles. The number of cyclic esters (lactones) is 1. The predicted molar refractivity (Wildman–Crippen MR) is 61.1 cm³/mol. The molecule has 0 bridgehead atoms. The van der Waals surface area contributed by atoms with Crippen LogP contribution in [0, 0.1) is 0 Å². The van der Waals surface area contributed by atoms with Crippen molar-refractivity contribution in [2.24, 2.45) is 0 Å². The number of alkyl halides is 3. The van der Waals surface area contributed by atoms with Gasteiger partial charge in [0.25, 0.3) is 0 Å². The van der Waals surface area contributed by atoms with E-state index in [0.717, 1.165) is 6.07 Å². The highest BCUT2D eigenvalue weighted by atomic mass is 35.5. The van der Waals surface area contributed by atoms with Gasteiger partial charge in [-0.2, -0.15) is 13.2 Å². The smallest absolute Gasteiger partial charge is 0.430 e. The van der Waals surface area contributed by atoms with Crippen LogP contribution >= 0.6 is 11.6 Å². The maximum Gasteiger partial charge on any atom is 0.430 e. The predicted octanol–water partition coefficient (Wildman–Crippen LogP) is 3.04. The first-order chi connectivity index (χ1) is 8.82. The molecule has 19 heavy (non-hydrogen) atoms. The number of aliphatic hydroxyl groups excluding tert-OH is 1. The quantitative estimate of drug-likeness (QED) is 0.881. The zero-order valence-corrected chi connectivity index (χ0v) is 10.2. The molecule has 0 spiro atoms. The molecule has 0 unspecified atom stereocenters. The number of fused-ring (bicyclic) bond motifs is 1. The summed E-state index contributed by atoms with van der Waals surface area (Å²) >= 11 is 5.85. The van der Waals surface area contributed by atoms with E-state index < -0.39 is 18.4 Å². The second-order valence-electron chi connectivity index (χ2n) is 3.96. The molecule has 0 saturated carbocycles. The summed E-state index contributed by atoms with van der Waals surface area (Å²) in [7, 11) is 0. The van der Waals surface area contributed by atoms with Crippen molar-refractivity contribution in [3.05, 3.63) is 28.3 Å². The fourth-order valence-corrected chi connectivity index (χ4v) is 2.09. The van der Waals surface area contributed by atoms with Crippen LogP contribution < -0.4 is 5.32 Å². The van der Waals surface area contributed by atoms with Gasteiger partial charge in [-0.15, -0.1) is 0 Å². The number of halogens is 4. The Balaban J connectivity index is 2.50. The van der Waals surface area contributed by atoms with Crippen LogP contribution in [0.1, 0.15) is 17.2 Å². The van der Waals surface area contributed by atoms with Gasteiger partial charge in [0.15, 0.2) is 0 Å². The molecule has 0 saturated heterocycles. The second-order valence-corrected chi connectivity index (χ2v) is 4.36. The molecule has 0 radical (unpaired) electrons. The molecule has 2 rings (SSSR count). The van der Waals surface area contributed by atoms with Crippen molar-refractivity contribution >= 4 is 23.4 Å². The lowest BCUT2D eigenvalue weighted by Crippen LogP contribution is -2.33. The van der Waals surface area contributed by atoms with E-state index in [1.165, 1.54) is 6.07 Å². The molecule has 1 aliphatic rings. The summed E-state index contributed by atoms with van der Waals surface area (Å²) in [6.45, 7) is -0.203. The Labute approximate surface area is 111 Å². The minimum atomic E-state index is -4.71. The number of amides is 1. The van der Waals surface area contributed by atoms with Crippen LogP contribution in [0.3, 0.4) is 0 Å². The van der Waals surface area contributed by atoms with Crippen LogP contribution in [0.5, 0.6) is 0 Å². The van der Waals surface area contributed by atoms with Crippen molar-refractivity contribution in [2.75, 3.05) is 11.9 Å². The Kier molecular flexibility index (Phi) is 3.60. The number of carbonyl (C=O) groups excluding carboxylic acids is 1. The molecule has 0 aromatic heterocycles. The normalized spacial score (nSPS) is 18.6. The zero-order chi connectivity index (χ0) is 14.2. The van der Waals surface area contributed by atoms with Gasteiger partial charge in [-0.25, -0.2) is 4.79 Å². The topological polar surface area (TPSA) is 58.6 Å². The summed E-state index contributed by atoms with van der Waals surface area (Å²) in [6.07, 6.45) is -8.04. The molecule has 1 aliphatic heterocycles. The average Bonchev–Trinajstić information content (AvgIpc) is 2.29. The molecular weight excluding hydrogens is 287 g/mol. The van der Waals surface area contributed by atoms with E-state index in [4.69, 9.17) is 16.7 Å². The molecule has 1 amide bonds. The molecule has 0 fully saturated rings. The van der Waals surface area contributed by atoms with Crippen molar-refractivity contribution in [3.63, 3.8) is 0 Å². The van der Waals surface area contributed by atoms with Crippen LogP contribution in [-0.2, 0) is 11.2 Å². The highest BCUT2D eigenvalue weighted by Gasteiger charge is 2.47. The number of benzene rings is 1. The SMILES string of the molecule is O=C1Nc2cc(CCO)c(Cl)cc2[C@@H](C(F)(F)F)O1. The van der Waals surface area contributed by atoms with Gasteiger partial charge >= 0.3 is 12.3 Å². The largest absolute Gasteiger partial charge is 0.431 e. The Hall–Kier alpha value is -1.47. The van der Waals surface area contributed by atoms with E-state index in [1.54, 1.807) is 0 Å². The van der Waals surface area contributed by atoms with Crippen molar-refractivity contribution < 1.29 is 27.8 Å². The highest BCUT2D eigenvalue weighted by Crippen LogP contribution is 2.43. The lowest BCUT2D eigenvalue weighted by Gasteiger charge is -2.28. The molecule has 2 N–H and O–H groups in total. The summed E-state index contributed by atoms with van der Waals surface area (Å²) < 4.78 is 42.6. The average molecular weight is 296 g/mol. The van der Waals surface area contributed by atoms with Crippen molar-refractivity contribution in [2.45, 2.75) is 18.7 Å². The number of aliphatic hydroxyl groups is 1. The third-order valence-corrected chi connectivity index (χ3v) is 2.99. The first-order valence-electron chi connectivity index (χ1n) is 5.30. The van der Waals surface area contributed by atoms with Gasteiger partial charge in [0, 0.05) is 17.2 Å². The van der Waals surface area contributed by atoms with Crippen molar-refractivity contribution in [3.8, 4) is 0 Å². The molecule has 104 valence electrons. The summed E-state index contributed by atoms with van der Waals surface area (Å²) in [6, 6.07) is 2.41. The maximum atomic E-state index is 12.8. The first-order valence-corrected chi connectivity index (χ1v) is 5.68. The van der Waals surface area contributed by atoms with E-state index in [2.05, 4.69) is 10.1 Å². The van der Waals surface area contributed by atoms with E-state index in [9.17, 15) is 18.0 Å². The Bertz CT molecular complexity index is 519. The van der Waals surface area contributed by atoms with Gasteiger partial charge in [-0.05, 0) is 24.1 Å². The summed E-state index contributed by atoms with van der Waals surface area (Å²) in [5.74, 6) is 0. The van der Waals surface area contributed by atoms with Gasteiger partial charge in [-0.1, -0.05) is 11.6 Å². The number of anilines is 1. The first kappa shape index (κ1) is 14.0. The summed E-state index contributed by atoms with van der Waals surface area (Å²) in [5, 5.41) is 11.1. The molecular formula is C11H9ClF3NO3. The number of carbonyl (C=O) groups is 1. The Morgan fingerprint density at radius 2 is 2.11 bits per heavy atom. The maximum absolute atomic E-state index is 12.8. The van der Waals surface area contributed by atoms with Crippen molar-refractivity contribution in [1.82, 2.24) is 0 Å². The van der Waals surface area contributed by atoms with E-state index in [-0.39, 0.29) is 29.3 Å². The lowest BCUT2D eigenvalue weighted by atomic mass is 10.0. The summed E-state index contributed by atoms with van der Waals surface area (Å²) in [4.78, 5) is 11.1. The van der Waals surface area contributed by atoms with Gasteiger partial charge in [0.05, 0.1) is 5.69 Å². The number of rotatable bonds is 2.